The summed E-state index contributed by atoms with van der Waals surface area (Å²) in [4.78, 5) is 22.4. The Hall–Kier alpha value is -0.710. The molecule has 0 spiro atoms. The van der Waals surface area contributed by atoms with Crippen LogP contribution in [0.5, 0.6) is 0 Å². The predicted molar refractivity (Wildman–Crippen MR) is 69.1 cm³/mol. The van der Waals surface area contributed by atoms with Crippen LogP contribution in [0.25, 0.3) is 0 Å². The predicted octanol–water partition coefficient (Wildman–Crippen LogP) is 1.89. The Kier molecular flexibility index (Phi) is 4.86. The van der Waals surface area contributed by atoms with Crippen LogP contribution in [0.1, 0.15) is 40.0 Å². The van der Waals surface area contributed by atoms with Crippen LogP contribution in [0.4, 0.5) is 0 Å². The molecule has 5 heteroatoms. The van der Waals surface area contributed by atoms with Crippen molar-refractivity contribution in [3.05, 3.63) is 0 Å². The number of aliphatic carboxylic acids is 1. The Balaban J connectivity index is 2.26. The molecule has 1 aliphatic carbocycles. The second-order valence-corrected chi connectivity index (χ2v) is 7.32. The maximum atomic E-state index is 11.6. The van der Waals surface area contributed by atoms with E-state index in [4.69, 9.17) is 5.11 Å². The summed E-state index contributed by atoms with van der Waals surface area (Å²) in [7, 11) is 0. The molecule has 0 aliphatic heterocycles. The second-order valence-electron chi connectivity index (χ2n) is 5.51. The average molecular weight is 259 g/mol. The number of rotatable bonds is 4. The summed E-state index contributed by atoms with van der Waals surface area (Å²) in [6, 6.07) is 0.0455. The number of carboxylic acids is 1. The van der Waals surface area contributed by atoms with Gasteiger partial charge in [-0.25, -0.2) is 0 Å². The summed E-state index contributed by atoms with van der Waals surface area (Å²) < 4.78 is 0.0800. The molecule has 98 valence electrons. The van der Waals surface area contributed by atoms with Gasteiger partial charge in [0, 0.05) is 10.8 Å². The smallest absolute Gasteiger partial charge is 0.306 e. The number of carbonyl (C=O) groups excluding carboxylic acids is 1. The number of carbonyl (C=O) groups is 2. The highest BCUT2D eigenvalue weighted by Crippen LogP contribution is 2.26. The van der Waals surface area contributed by atoms with Crippen LogP contribution in [0.15, 0.2) is 0 Å². The van der Waals surface area contributed by atoms with Crippen LogP contribution in [0.2, 0.25) is 0 Å². The Labute approximate surface area is 107 Å². The SMILES string of the molecule is CC(C)(C)SCC(=O)N[C@@H]1CC[C@H](C(=O)O)C1. The minimum atomic E-state index is -0.745. The van der Waals surface area contributed by atoms with Crippen LogP contribution in [0, 0.1) is 5.92 Å². The van der Waals surface area contributed by atoms with Gasteiger partial charge >= 0.3 is 5.97 Å². The van der Waals surface area contributed by atoms with Gasteiger partial charge in [0.2, 0.25) is 5.91 Å². The molecule has 0 aromatic rings. The second kappa shape index (κ2) is 5.76. The van der Waals surface area contributed by atoms with Gasteiger partial charge in [-0.2, -0.15) is 0 Å². The molecule has 4 nitrogen and oxygen atoms in total. The highest BCUT2D eigenvalue weighted by molar-refractivity contribution is 8.01. The molecule has 0 saturated heterocycles. The lowest BCUT2D eigenvalue weighted by Gasteiger charge is -2.18. The summed E-state index contributed by atoms with van der Waals surface area (Å²) in [6.07, 6.45) is 2.02. The first kappa shape index (κ1) is 14.4. The van der Waals surface area contributed by atoms with Crippen molar-refractivity contribution in [1.82, 2.24) is 5.32 Å². The Morgan fingerprint density at radius 1 is 1.35 bits per heavy atom. The van der Waals surface area contributed by atoms with E-state index in [2.05, 4.69) is 26.1 Å². The van der Waals surface area contributed by atoms with E-state index in [1.54, 1.807) is 11.8 Å². The summed E-state index contributed by atoms with van der Waals surface area (Å²) in [5, 5.41) is 11.8. The summed E-state index contributed by atoms with van der Waals surface area (Å²) in [6.45, 7) is 6.21. The number of carboxylic acid groups (broad SMARTS) is 1. The van der Waals surface area contributed by atoms with Crippen LogP contribution < -0.4 is 5.32 Å². The monoisotopic (exact) mass is 259 g/mol. The zero-order valence-corrected chi connectivity index (χ0v) is 11.5. The lowest BCUT2D eigenvalue weighted by Crippen LogP contribution is -2.35. The molecule has 0 radical (unpaired) electrons. The summed E-state index contributed by atoms with van der Waals surface area (Å²) in [5.41, 5.74) is 0. The third-order valence-electron chi connectivity index (χ3n) is 2.78. The van der Waals surface area contributed by atoms with Crippen LogP contribution in [-0.4, -0.2) is 33.5 Å². The zero-order chi connectivity index (χ0) is 13.1. The normalized spacial score (nSPS) is 24.6. The Bertz CT molecular complexity index is 299. The zero-order valence-electron chi connectivity index (χ0n) is 10.7. The van der Waals surface area contributed by atoms with Gasteiger partial charge in [0.25, 0.3) is 0 Å². The van der Waals surface area contributed by atoms with Crippen molar-refractivity contribution in [3.63, 3.8) is 0 Å². The van der Waals surface area contributed by atoms with Crippen molar-refractivity contribution in [2.24, 2.45) is 5.92 Å². The van der Waals surface area contributed by atoms with Gasteiger partial charge in [-0.05, 0) is 19.3 Å². The van der Waals surface area contributed by atoms with Crippen molar-refractivity contribution in [2.75, 3.05) is 5.75 Å². The largest absolute Gasteiger partial charge is 0.481 e. The van der Waals surface area contributed by atoms with Crippen LogP contribution in [0.3, 0.4) is 0 Å². The third kappa shape index (κ3) is 5.44. The first-order chi connectivity index (χ1) is 7.78. The number of nitrogens with one attached hydrogen (secondary N) is 1. The molecule has 1 aliphatic rings. The fourth-order valence-electron chi connectivity index (χ4n) is 1.89. The fourth-order valence-corrected chi connectivity index (χ4v) is 2.54. The number of hydrogen-bond acceptors (Lipinski definition) is 3. The molecular weight excluding hydrogens is 238 g/mol. The molecule has 0 aromatic heterocycles. The third-order valence-corrected chi connectivity index (χ3v) is 4.06. The number of thioether (sulfide) groups is 1. The maximum absolute atomic E-state index is 11.6. The molecule has 17 heavy (non-hydrogen) atoms. The molecule has 2 N–H and O–H groups in total. The van der Waals surface area contributed by atoms with Gasteiger partial charge in [0.05, 0.1) is 11.7 Å². The Morgan fingerprint density at radius 2 is 2.00 bits per heavy atom. The highest BCUT2D eigenvalue weighted by Gasteiger charge is 2.30. The van der Waals surface area contributed by atoms with E-state index in [1.807, 2.05) is 0 Å². The van der Waals surface area contributed by atoms with E-state index >= 15 is 0 Å². The summed E-state index contributed by atoms with van der Waals surface area (Å²) >= 11 is 1.60. The van der Waals surface area contributed by atoms with E-state index in [1.165, 1.54) is 0 Å². The fraction of sp³-hybridized carbons (Fsp3) is 0.833. The van der Waals surface area contributed by atoms with Crippen molar-refractivity contribution in [3.8, 4) is 0 Å². The van der Waals surface area contributed by atoms with Gasteiger partial charge in [0.15, 0.2) is 0 Å². The lowest BCUT2D eigenvalue weighted by atomic mass is 10.1. The molecule has 0 aromatic carbocycles. The van der Waals surface area contributed by atoms with Gasteiger partial charge in [-0.1, -0.05) is 20.8 Å². The molecule has 1 amide bonds. The van der Waals surface area contributed by atoms with E-state index in [-0.39, 0.29) is 22.6 Å². The van der Waals surface area contributed by atoms with E-state index < -0.39 is 5.97 Å². The minimum absolute atomic E-state index is 0.0148. The average Bonchev–Trinajstić information content (AvgIpc) is 2.62. The molecule has 1 saturated carbocycles. The number of hydrogen-bond donors (Lipinski definition) is 2. The van der Waals surface area contributed by atoms with E-state index in [0.717, 1.165) is 6.42 Å². The molecule has 0 heterocycles. The van der Waals surface area contributed by atoms with Gasteiger partial charge in [-0.3, -0.25) is 9.59 Å². The van der Waals surface area contributed by atoms with Crippen LogP contribution in [-0.2, 0) is 9.59 Å². The minimum Gasteiger partial charge on any atom is -0.481 e. The molecular formula is C12H21NO3S. The topological polar surface area (TPSA) is 66.4 Å². The van der Waals surface area contributed by atoms with Crippen LogP contribution >= 0.6 is 11.8 Å². The Morgan fingerprint density at radius 3 is 2.47 bits per heavy atom. The van der Waals surface area contributed by atoms with Crippen molar-refractivity contribution in [1.29, 1.82) is 0 Å². The van der Waals surface area contributed by atoms with E-state index in [0.29, 0.717) is 18.6 Å². The first-order valence-corrected chi connectivity index (χ1v) is 6.92. The molecule has 2 atom stereocenters. The lowest BCUT2D eigenvalue weighted by molar-refractivity contribution is -0.141. The van der Waals surface area contributed by atoms with Crippen molar-refractivity contribution in [2.45, 2.75) is 50.8 Å². The molecule has 0 unspecified atom stereocenters. The van der Waals surface area contributed by atoms with E-state index in [9.17, 15) is 9.59 Å². The van der Waals surface area contributed by atoms with Crippen molar-refractivity contribution >= 4 is 23.6 Å². The number of amides is 1. The maximum Gasteiger partial charge on any atom is 0.306 e. The van der Waals surface area contributed by atoms with Gasteiger partial charge in [-0.15, -0.1) is 11.8 Å². The quantitative estimate of drug-likeness (QED) is 0.809. The van der Waals surface area contributed by atoms with Gasteiger partial charge < -0.3 is 10.4 Å². The molecule has 1 fully saturated rings. The molecule has 0 bridgehead atoms. The standard InChI is InChI=1S/C12H21NO3S/c1-12(2,3)17-7-10(14)13-9-5-4-8(6-9)11(15)16/h8-9H,4-7H2,1-3H3,(H,13,14)(H,15,16)/t8-,9+/m0/s1. The molecule has 1 rings (SSSR count). The first-order valence-electron chi connectivity index (χ1n) is 5.94. The van der Waals surface area contributed by atoms with Gasteiger partial charge in [0.1, 0.15) is 0 Å². The highest BCUT2D eigenvalue weighted by atomic mass is 32.2. The van der Waals surface area contributed by atoms with Crippen molar-refractivity contribution < 1.29 is 14.7 Å². The summed E-state index contributed by atoms with van der Waals surface area (Å²) in [5.74, 6) is -0.570.